The molecule has 1 heterocycles. The summed E-state index contributed by atoms with van der Waals surface area (Å²) in [5, 5.41) is 9.43. The molecule has 1 fully saturated rings. The first kappa shape index (κ1) is 22.0. The van der Waals surface area contributed by atoms with Gasteiger partial charge in [-0.3, -0.25) is 9.79 Å². The van der Waals surface area contributed by atoms with Crippen molar-refractivity contribution < 1.29 is 14.3 Å². The normalized spacial score (nSPS) is 17.3. The van der Waals surface area contributed by atoms with Crippen LogP contribution in [-0.2, 0) is 16.1 Å². The summed E-state index contributed by atoms with van der Waals surface area (Å²) in [6, 6.07) is 6.21. The first-order chi connectivity index (χ1) is 13.3. The number of benzene rings is 1. The van der Waals surface area contributed by atoms with E-state index in [1.165, 1.54) is 0 Å². The molecule has 2 rings (SSSR count). The molecule has 0 bridgehead atoms. The molecule has 28 heavy (non-hydrogen) atoms. The first-order valence-electron chi connectivity index (χ1n) is 9.86. The standard InChI is InChI=1S/C21H34N4O3/c1-15-6-7-16(18(12-15)28-17-8-11-27-14-17)13-25-20(22-5)24-10-9-23-19(26)21(2,3)4/h6-7,12,17H,8-11,13-14H2,1-5H3,(H,23,26)(H2,22,24,25). The SMILES string of the molecule is CN=C(NCCNC(=O)C(C)(C)C)NCc1ccc(C)cc1OC1CCOC1. The number of carbonyl (C=O) groups is 1. The lowest BCUT2D eigenvalue weighted by atomic mass is 9.96. The van der Waals surface area contributed by atoms with Crippen molar-refractivity contribution in [3.05, 3.63) is 29.3 Å². The Bertz CT molecular complexity index is 677. The van der Waals surface area contributed by atoms with Crippen molar-refractivity contribution >= 4 is 11.9 Å². The molecule has 0 aromatic heterocycles. The average molecular weight is 391 g/mol. The molecule has 0 radical (unpaired) electrons. The Kier molecular flexibility index (Phi) is 8.11. The smallest absolute Gasteiger partial charge is 0.225 e. The minimum atomic E-state index is -0.383. The van der Waals surface area contributed by atoms with Gasteiger partial charge < -0.3 is 25.4 Å². The molecule has 1 aromatic carbocycles. The fraction of sp³-hybridized carbons (Fsp3) is 0.619. The van der Waals surface area contributed by atoms with Gasteiger partial charge in [0.15, 0.2) is 5.96 Å². The molecular formula is C21H34N4O3. The Morgan fingerprint density at radius 2 is 2.00 bits per heavy atom. The van der Waals surface area contributed by atoms with E-state index in [0.717, 1.165) is 29.9 Å². The zero-order valence-corrected chi connectivity index (χ0v) is 17.7. The predicted octanol–water partition coefficient (Wildman–Crippen LogP) is 1.99. The van der Waals surface area contributed by atoms with Gasteiger partial charge in [-0.25, -0.2) is 0 Å². The highest BCUT2D eigenvalue weighted by Gasteiger charge is 2.20. The third-order valence-corrected chi connectivity index (χ3v) is 4.46. The second-order valence-electron chi connectivity index (χ2n) is 8.07. The molecule has 1 aliphatic rings. The van der Waals surface area contributed by atoms with Crippen LogP contribution in [0.4, 0.5) is 0 Å². The molecule has 1 aliphatic heterocycles. The maximum Gasteiger partial charge on any atom is 0.225 e. The van der Waals surface area contributed by atoms with Gasteiger partial charge in [0, 0.05) is 44.1 Å². The quantitative estimate of drug-likeness (QED) is 0.377. The lowest BCUT2D eigenvalue weighted by Crippen LogP contribution is -2.43. The number of hydrogen-bond acceptors (Lipinski definition) is 4. The summed E-state index contributed by atoms with van der Waals surface area (Å²) < 4.78 is 11.5. The van der Waals surface area contributed by atoms with Gasteiger partial charge in [0.05, 0.1) is 13.2 Å². The number of rotatable bonds is 7. The van der Waals surface area contributed by atoms with Gasteiger partial charge in [-0.15, -0.1) is 0 Å². The molecule has 0 spiro atoms. The summed E-state index contributed by atoms with van der Waals surface area (Å²) in [6.07, 6.45) is 1.04. The summed E-state index contributed by atoms with van der Waals surface area (Å²) in [5.41, 5.74) is 1.85. The van der Waals surface area contributed by atoms with Crippen molar-refractivity contribution in [2.75, 3.05) is 33.4 Å². The van der Waals surface area contributed by atoms with Gasteiger partial charge in [-0.1, -0.05) is 32.9 Å². The molecule has 156 valence electrons. The van der Waals surface area contributed by atoms with Gasteiger partial charge in [-0.2, -0.15) is 0 Å². The van der Waals surface area contributed by atoms with Crippen molar-refractivity contribution in [2.24, 2.45) is 10.4 Å². The molecule has 1 unspecified atom stereocenters. The number of hydrogen-bond donors (Lipinski definition) is 3. The molecule has 1 aromatic rings. The predicted molar refractivity (Wildman–Crippen MR) is 112 cm³/mol. The number of ether oxygens (including phenoxy) is 2. The van der Waals surface area contributed by atoms with Crippen LogP contribution in [0, 0.1) is 12.3 Å². The van der Waals surface area contributed by atoms with Crippen LogP contribution in [0.5, 0.6) is 5.75 Å². The highest BCUT2D eigenvalue weighted by Crippen LogP contribution is 2.23. The lowest BCUT2D eigenvalue weighted by molar-refractivity contribution is -0.128. The second-order valence-corrected chi connectivity index (χ2v) is 8.07. The van der Waals surface area contributed by atoms with Crippen molar-refractivity contribution in [3.8, 4) is 5.75 Å². The number of nitrogens with one attached hydrogen (secondary N) is 3. The molecular weight excluding hydrogens is 356 g/mol. The van der Waals surface area contributed by atoms with E-state index in [1.807, 2.05) is 20.8 Å². The fourth-order valence-corrected chi connectivity index (χ4v) is 2.72. The Labute approximate surface area is 168 Å². The number of aliphatic imine (C=N–C) groups is 1. The van der Waals surface area contributed by atoms with Crippen LogP contribution in [0.1, 0.15) is 38.3 Å². The first-order valence-corrected chi connectivity index (χ1v) is 9.86. The zero-order valence-electron chi connectivity index (χ0n) is 17.7. The Morgan fingerprint density at radius 1 is 1.25 bits per heavy atom. The van der Waals surface area contributed by atoms with Crippen LogP contribution in [0.3, 0.4) is 0 Å². The minimum Gasteiger partial charge on any atom is -0.488 e. The van der Waals surface area contributed by atoms with Crippen LogP contribution < -0.4 is 20.7 Å². The van der Waals surface area contributed by atoms with E-state index in [4.69, 9.17) is 9.47 Å². The highest BCUT2D eigenvalue weighted by atomic mass is 16.5. The average Bonchev–Trinajstić information content (AvgIpc) is 3.14. The van der Waals surface area contributed by atoms with E-state index in [1.54, 1.807) is 7.05 Å². The molecule has 0 saturated carbocycles. The molecule has 1 saturated heterocycles. The summed E-state index contributed by atoms with van der Waals surface area (Å²) in [5.74, 6) is 1.60. The molecule has 1 amide bonds. The number of amides is 1. The van der Waals surface area contributed by atoms with Gasteiger partial charge >= 0.3 is 0 Å². The number of guanidine groups is 1. The third-order valence-electron chi connectivity index (χ3n) is 4.46. The summed E-state index contributed by atoms with van der Waals surface area (Å²) >= 11 is 0. The molecule has 1 atom stereocenters. The molecule has 0 aliphatic carbocycles. The molecule has 7 nitrogen and oxygen atoms in total. The number of carbonyl (C=O) groups excluding carboxylic acids is 1. The van der Waals surface area contributed by atoms with E-state index in [9.17, 15) is 4.79 Å². The molecule has 3 N–H and O–H groups in total. The second kappa shape index (κ2) is 10.3. The van der Waals surface area contributed by atoms with Crippen molar-refractivity contribution in [2.45, 2.75) is 46.8 Å². The van der Waals surface area contributed by atoms with E-state index in [0.29, 0.717) is 32.2 Å². The van der Waals surface area contributed by atoms with Crippen molar-refractivity contribution in [3.63, 3.8) is 0 Å². The largest absolute Gasteiger partial charge is 0.488 e. The summed E-state index contributed by atoms with van der Waals surface area (Å²) in [6.45, 7) is 10.9. The maximum absolute atomic E-state index is 11.9. The van der Waals surface area contributed by atoms with Crippen LogP contribution in [0.25, 0.3) is 0 Å². The Balaban J connectivity index is 1.83. The minimum absolute atomic E-state index is 0.0367. The third kappa shape index (κ3) is 7.03. The summed E-state index contributed by atoms with van der Waals surface area (Å²) in [7, 11) is 1.73. The van der Waals surface area contributed by atoms with E-state index >= 15 is 0 Å². The number of aryl methyl sites for hydroxylation is 1. The topological polar surface area (TPSA) is 84.0 Å². The van der Waals surface area contributed by atoms with Crippen molar-refractivity contribution in [1.29, 1.82) is 0 Å². The number of nitrogens with zero attached hydrogens (tertiary/aromatic N) is 1. The highest BCUT2D eigenvalue weighted by molar-refractivity contribution is 5.81. The van der Waals surface area contributed by atoms with Gasteiger partial charge in [0.25, 0.3) is 0 Å². The van der Waals surface area contributed by atoms with Crippen LogP contribution in [0.2, 0.25) is 0 Å². The van der Waals surface area contributed by atoms with E-state index < -0.39 is 0 Å². The zero-order chi connectivity index (χ0) is 20.6. The maximum atomic E-state index is 11.9. The molecule has 7 heteroatoms. The van der Waals surface area contributed by atoms with Crippen LogP contribution in [0.15, 0.2) is 23.2 Å². The van der Waals surface area contributed by atoms with Gasteiger partial charge in [-0.05, 0) is 18.6 Å². The Hall–Kier alpha value is -2.28. The van der Waals surface area contributed by atoms with E-state index in [-0.39, 0.29) is 17.4 Å². The van der Waals surface area contributed by atoms with Crippen LogP contribution in [-0.4, -0.2) is 51.3 Å². The fourth-order valence-electron chi connectivity index (χ4n) is 2.72. The van der Waals surface area contributed by atoms with E-state index in [2.05, 4.69) is 46.1 Å². The lowest BCUT2D eigenvalue weighted by Gasteiger charge is -2.19. The van der Waals surface area contributed by atoms with Gasteiger partial charge in [0.1, 0.15) is 11.9 Å². The Morgan fingerprint density at radius 3 is 2.64 bits per heavy atom. The summed E-state index contributed by atoms with van der Waals surface area (Å²) in [4.78, 5) is 16.1. The van der Waals surface area contributed by atoms with Gasteiger partial charge in [0.2, 0.25) is 5.91 Å². The van der Waals surface area contributed by atoms with Crippen LogP contribution >= 0.6 is 0 Å². The van der Waals surface area contributed by atoms with Crippen molar-refractivity contribution in [1.82, 2.24) is 16.0 Å². The monoisotopic (exact) mass is 390 g/mol.